The maximum absolute atomic E-state index is 10.4. The summed E-state index contributed by atoms with van der Waals surface area (Å²) >= 11 is 0. The fraction of sp³-hybridized carbons (Fsp3) is 1.00. The van der Waals surface area contributed by atoms with Gasteiger partial charge in [0, 0.05) is 12.6 Å². The molecule has 134 valence electrons. The first-order valence-electron chi connectivity index (χ1n) is 9.84. The monoisotopic (exact) mass is 323 g/mol. The van der Waals surface area contributed by atoms with Crippen LogP contribution >= 0.6 is 0 Å². The molecule has 3 saturated carbocycles. The SMILES string of the molecule is CN(C[C@@H](O)CO[C@@H]1C[C@@H]2CC[C@]1(C)C2(C)C)C1CCCCC1. The average molecular weight is 324 g/mol. The quantitative estimate of drug-likeness (QED) is 0.806. The van der Waals surface area contributed by atoms with Crippen LogP contribution < -0.4 is 0 Å². The molecule has 23 heavy (non-hydrogen) atoms. The Kier molecular flexibility index (Phi) is 5.11. The normalized spacial score (nSPS) is 38.3. The van der Waals surface area contributed by atoms with E-state index in [4.69, 9.17) is 4.74 Å². The molecule has 0 aliphatic heterocycles. The van der Waals surface area contributed by atoms with E-state index < -0.39 is 0 Å². The molecule has 1 N–H and O–H groups in total. The zero-order chi connectivity index (χ0) is 16.7. The molecule has 0 aromatic rings. The van der Waals surface area contributed by atoms with Crippen LogP contribution in [0, 0.1) is 16.7 Å². The average Bonchev–Trinajstić information content (AvgIpc) is 2.86. The highest BCUT2D eigenvalue weighted by Gasteiger charge is 2.61. The second kappa shape index (κ2) is 6.65. The number of nitrogens with zero attached hydrogens (tertiary/aromatic N) is 1. The summed E-state index contributed by atoms with van der Waals surface area (Å²) < 4.78 is 6.25. The zero-order valence-electron chi connectivity index (χ0n) is 15.7. The smallest absolute Gasteiger partial charge is 0.0900 e. The molecule has 3 aliphatic carbocycles. The topological polar surface area (TPSA) is 32.7 Å². The van der Waals surface area contributed by atoms with Crippen molar-refractivity contribution in [3.63, 3.8) is 0 Å². The van der Waals surface area contributed by atoms with Gasteiger partial charge in [0.25, 0.3) is 0 Å². The second-order valence-corrected chi connectivity index (χ2v) is 9.32. The highest BCUT2D eigenvalue weighted by atomic mass is 16.5. The summed E-state index contributed by atoms with van der Waals surface area (Å²) in [4.78, 5) is 2.36. The molecule has 3 heteroatoms. The van der Waals surface area contributed by atoms with Crippen LogP contribution in [0.3, 0.4) is 0 Å². The molecule has 0 aromatic carbocycles. The lowest BCUT2D eigenvalue weighted by molar-refractivity contribution is -0.0802. The molecule has 0 heterocycles. The Morgan fingerprint density at radius 1 is 1.13 bits per heavy atom. The standard InChI is InChI=1S/C20H37NO2/c1-19(2)15-10-11-20(19,3)18(12-15)23-14-17(22)13-21(4)16-8-6-5-7-9-16/h15-18,22H,5-14H2,1-4H3/t15-,17+,18+,20-/m0/s1. The number of ether oxygens (including phenoxy) is 1. The van der Waals surface area contributed by atoms with Gasteiger partial charge in [-0.1, -0.05) is 40.0 Å². The molecule has 2 bridgehead atoms. The van der Waals surface area contributed by atoms with E-state index in [2.05, 4.69) is 32.7 Å². The van der Waals surface area contributed by atoms with Crippen LogP contribution in [0.2, 0.25) is 0 Å². The Bertz CT molecular complexity index is 404. The molecular weight excluding hydrogens is 286 g/mol. The Morgan fingerprint density at radius 3 is 2.39 bits per heavy atom. The van der Waals surface area contributed by atoms with Crippen molar-refractivity contribution in [2.24, 2.45) is 16.7 Å². The van der Waals surface area contributed by atoms with Gasteiger partial charge in [-0.2, -0.15) is 0 Å². The van der Waals surface area contributed by atoms with Crippen LogP contribution in [0.5, 0.6) is 0 Å². The fourth-order valence-electron chi connectivity index (χ4n) is 5.67. The molecular formula is C20H37NO2. The molecule has 0 amide bonds. The van der Waals surface area contributed by atoms with Crippen LogP contribution in [0.4, 0.5) is 0 Å². The predicted octanol–water partition coefficient (Wildman–Crippen LogP) is 3.84. The van der Waals surface area contributed by atoms with Gasteiger partial charge in [-0.05, 0) is 55.9 Å². The van der Waals surface area contributed by atoms with Gasteiger partial charge in [-0.15, -0.1) is 0 Å². The summed E-state index contributed by atoms with van der Waals surface area (Å²) in [5.41, 5.74) is 0.689. The third kappa shape index (κ3) is 3.21. The summed E-state index contributed by atoms with van der Waals surface area (Å²) in [5.74, 6) is 0.805. The molecule has 3 nitrogen and oxygen atoms in total. The van der Waals surface area contributed by atoms with E-state index in [9.17, 15) is 5.11 Å². The number of hydrogen-bond acceptors (Lipinski definition) is 3. The lowest BCUT2D eigenvalue weighted by Gasteiger charge is -2.39. The van der Waals surface area contributed by atoms with Gasteiger partial charge in [0.05, 0.1) is 18.8 Å². The van der Waals surface area contributed by atoms with Crippen LogP contribution in [0.1, 0.15) is 72.1 Å². The second-order valence-electron chi connectivity index (χ2n) is 9.32. The van der Waals surface area contributed by atoms with Crippen molar-refractivity contribution in [3.8, 4) is 0 Å². The molecule has 3 rings (SSSR count). The first kappa shape index (κ1) is 17.7. The predicted molar refractivity (Wildman–Crippen MR) is 94.5 cm³/mol. The minimum absolute atomic E-state index is 0.298. The van der Waals surface area contributed by atoms with Crippen molar-refractivity contribution in [2.45, 2.75) is 90.4 Å². The molecule has 0 aromatic heterocycles. The number of aliphatic hydroxyl groups excluding tert-OH is 1. The van der Waals surface area contributed by atoms with Crippen LogP contribution in [0.15, 0.2) is 0 Å². The van der Waals surface area contributed by atoms with E-state index >= 15 is 0 Å². The molecule has 0 radical (unpaired) electrons. The molecule has 0 spiro atoms. The Hall–Kier alpha value is -0.120. The van der Waals surface area contributed by atoms with E-state index in [1.54, 1.807) is 0 Å². The van der Waals surface area contributed by atoms with E-state index in [-0.39, 0.29) is 6.10 Å². The van der Waals surface area contributed by atoms with Crippen molar-refractivity contribution < 1.29 is 9.84 Å². The van der Waals surface area contributed by atoms with Crippen LogP contribution in [-0.2, 0) is 4.74 Å². The van der Waals surface area contributed by atoms with Gasteiger partial charge in [0.1, 0.15) is 0 Å². The lowest BCUT2D eigenvalue weighted by Crippen LogP contribution is -2.42. The van der Waals surface area contributed by atoms with E-state index in [1.807, 2.05) is 0 Å². The lowest BCUT2D eigenvalue weighted by atomic mass is 9.70. The van der Waals surface area contributed by atoms with Crippen molar-refractivity contribution in [2.75, 3.05) is 20.2 Å². The van der Waals surface area contributed by atoms with E-state index in [1.165, 1.54) is 51.4 Å². The summed E-state index contributed by atoms with van der Waals surface area (Å²) in [7, 11) is 2.17. The zero-order valence-corrected chi connectivity index (χ0v) is 15.7. The molecule has 0 saturated heterocycles. The number of rotatable bonds is 6. The summed E-state index contributed by atoms with van der Waals surface area (Å²) in [5, 5.41) is 10.4. The van der Waals surface area contributed by atoms with Crippen LogP contribution in [-0.4, -0.2) is 48.5 Å². The van der Waals surface area contributed by atoms with E-state index in [0.717, 1.165) is 12.5 Å². The first-order chi connectivity index (χ1) is 10.8. The highest BCUT2D eigenvalue weighted by Crippen LogP contribution is 2.66. The number of hydrogen-bond donors (Lipinski definition) is 1. The van der Waals surface area contributed by atoms with Gasteiger partial charge < -0.3 is 14.7 Å². The van der Waals surface area contributed by atoms with Gasteiger partial charge in [-0.3, -0.25) is 0 Å². The number of likely N-dealkylation sites (N-methyl/N-ethyl adjacent to an activating group) is 1. The highest BCUT2D eigenvalue weighted by molar-refractivity contribution is 5.11. The molecule has 3 aliphatic rings. The molecule has 0 unspecified atom stereocenters. The van der Waals surface area contributed by atoms with E-state index in [0.29, 0.717) is 29.6 Å². The number of aliphatic hydroxyl groups is 1. The van der Waals surface area contributed by atoms with Gasteiger partial charge in [0.15, 0.2) is 0 Å². The van der Waals surface area contributed by atoms with Crippen molar-refractivity contribution >= 4 is 0 Å². The minimum Gasteiger partial charge on any atom is -0.389 e. The maximum Gasteiger partial charge on any atom is 0.0900 e. The largest absolute Gasteiger partial charge is 0.389 e. The summed E-state index contributed by atoms with van der Waals surface area (Å²) in [6.07, 6.45) is 10.5. The maximum atomic E-state index is 10.4. The van der Waals surface area contributed by atoms with Gasteiger partial charge >= 0.3 is 0 Å². The number of fused-ring (bicyclic) bond motifs is 2. The Morgan fingerprint density at radius 2 is 1.83 bits per heavy atom. The Balaban J connectivity index is 1.45. The van der Waals surface area contributed by atoms with Gasteiger partial charge in [-0.25, -0.2) is 0 Å². The van der Waals surface area contributed by atoms with Gasteiger partial charge in [0.2, 0.25) is 0 Å². The minimum atomic E-state index is -0.354. The molecule has 3 fully saturated rings. The Labute approximate surface area is 142 Å². The van der Waals surface area contributed by atoms with Crippen LogP contribution in [0.25, 0.3) is 0 Å². The van der Waals surface area contributed by atoms with Crippen molar-refractivity contribution in [1.82, 2.24) is 4.90 Å². The van der Waals surface area contributed by atoms with Crippen molar-refractivity contribution in [3.05, 3.63) is 0 Å². The van der Waals surface area contributed by atoms with Crippen molar-refractivity contribution in [1.29, 1.82) is 0 Å². The summed E-state index contributed by atoms with van der Waals surface area (Å²) in [6, 6.07) is 0.664. The third-order valence-electron chi connectivity index (χ3n) is 7.90. The third-order valence-corrected chi connectivity index (χ3v) is 7.90. The fourth-order valence-corrected chi connectivity index (χ4v) is 5.67. The first-order valence-corrected chi connectivity index (χ1v) is 9.84. The molecule has 4 atom stereocenters. The summed E-state index contributed by atoms with van der Waals surface area (Å²) in [6.45, 7) is 8.49.